The second-order valence-electron chi connectivity index (χ2n) is 6.75. The average molecular weight is 428 g/mol. The summed E-state index contributed by atoms with van der Waals surface area (Å²) in [6.07, 6.45) is 2.60. The van der Waals surface area contributed by atoms with E-state index in [-0.39, 0.29) is 30.6 Å². The van der Waals surface area contributed by atoms with Gasteiger partial charge in [-0.1, -0.05) is 0 Å². The van der Waals surface area contributed by atoms with Crippen LogP contribution in [0.1, 0.15) is 24.0 Å². The molecular formula is C19H26ClN3O2S2. The quantitative estimate of drug-likeness (QED) is 0.576. The summed E-state index contributed by atoms with van der Waals surface area (Å²) < 4.78 is 0. The Morgan fingerprint density at radius 1 is 1.04 bits per heavy atom. The number of thiophene rings is 2. The lowest BCUT2D eigenvalue weighted by Crippen LogP contribution is -2.46. The summed E-state index contributed by atoms with van der Waals surface area (Å²) in [7, 11) is 0. The Hall–Kier alpha value is -1.41. The highest BCUT2D eigenvalue weighted by atomic mass is 35.5. The van der Waals surface area contributed by atoms with Gasteiger partial charge in [-0.3, -0.25) is 9.59 Å². The normalized spacial score (nSPS) is 18.7. The molecule has 1 fully saturated rings. The summed E-state index contributed by atoms with van der Waals surface area (Å²) in [6.45, 7) is 2.56. The van der Waals surface area contributed by atoms with E-state index < -0.39 is 5.41 Å². The minimum Gasteiger partial charge on any atom is -0.356 e. The molecule has 1 aliphatic rings. The van der Waals surface area contributed by atoms with Crippen LogP contribution in [0.5, 0.6) is 0 Å². The fourth-order valence-electron chi connectivity index (χ4n) is 3.26. The molecular weight excluding hydrogens is 402 g/mol. The van der Waals surface area contributed by atoms with Crippen molar-refractivity contribution in [2.24, 2.45) is 5.41 Å². The summed E-state index contributed by atoms with van der Waals surface area (Å²) in [6, 6.07) is 4.14. The van der Waals surface area contributed by atoms with E-state index in [0.717, 1.165) is 19.4 Å². The van der Waals surface area contributed by atoms with E-state index in [9.17, 15) is 9.59 Å². The Kier molecular flexibility index (Phi) is 8.76. The maximum atomic E-state index is 12.8. The zero-order valence-electron chi connectivity index (χ0n) is 15.2. The molecule has 1 unspecified atom stereocenters. The first kappa shape index (κ1) is 21.9. The van der Waals surface area contributed by atoms with Crippen LogP contribution in [-0.2, 0) is 22.4 Å². The number of amides is 2. The van der Waals surface area contributed by atoms with Gasteiger partial charge in [0.2, 0.25) is 11.8 Å². The lowest BCUT2D eigenvalue weighted by molar-refractivity contribution is -0.135. The van der Waals surface area contributed by atoms with Gasteiger partial charge in [0.1, 0.15) is 0 Å². The number of hydrogen-bond acceptors (Lipinski definition) is 5. The van der Waals surface area contributed by atoms with Crippen LogP contribution in [0.3, 0.4) is 0 Å². The first-order valence-corrected chi connectivity index (χ1v) is 10.8. The van der Waals surface area contributed by atoms with Gasteiger partial charge in [0.15, 0.2) is 0 Å². The number of nitrogens with one attached hydrogen (secondary N) is 3. The summed E-state index contributed by atoms with van der Waals surface area (Å²) in [5.74, 6) is -0.0531. The highest BCUT2D eigenvalue weighted by Gasteiger charge is 2.42. The molecule has 0 aromatic carbocycles. The van der Waals surface area contributed by atoms with Crippen molar-refractivity contribution in [3.05, 3.63) is 44.8 Å². The van der Waals surface area contributed by atoms with E-state index in [1.807, 2.05) is 10.8 Å². The molecule has 0 aliphatic carbocycles. The van der Waals surface area contributed by atoms with Gasteiger partial charge in [0.25, 0.3) is 0 Å². The van der Waals surface area contributed by atoms with Gasteiger partial charge >= 0.3 is 0 Å². The monoisotopic (exact) mass is 427 g/mol. The van der Waals surface area contributed by atoms with E-state index >= 15 is 0 Å². The second-order valence-corrected chi connectivity index (χ2v) is 8.31. The van der Waals surface area contributed by atoms with Gasteiger partial charge in [-0.15, -0.1) is 12.4 Å². The van der Waals surface area contributed by atoms with Crippen LogP contribution in [0.4, 0.5) is 0 Å². The van der Waals surface area contributed by atoms with Crippen LogP contribution in [-0.4, -0.2) is 38.0 Å². The summed E-state index contributed by atoms with van der Waals surface area (Å²) in [5, 5.41) is 17.5. The number of rotatable bonds is 9. The molecule has 148 valence electrons. The first-order chi connectivity index (χ1) is 12.7. The molecule has 3 rings (SSSR count). The molecule has 2 aromatic heterocycles. The molecule has 1 saturated heterocycles. The average Bonchev–Trinajstić information content (AvgIpc) is 3.38. The molecule has 1 aliphatic heterocycles. The summed E-state index contributed by atoms with van der Waals surface area (Å²) >= 11 is 3.32. The molecule has 3 heterocycles. The van der Waals surface area contributed by atoms with Crippen molar-refractivity contribution in [3.8, 4) is 0 Å². The zero-order valence-corrected chi connectivity index (χ0v) is 17.6. The smallest absolute Gasteiger partial charge is 0.228 e. The van der Waals surface area contributed by atoms with Crippen LogP contribution >= 0.6 is 35.1 Å². The highest BCUT2D eigenvalue weighted by molar-refractivity contribution is 7.08. The second kappa shape index (κ2) is 10.8. The van der Waals surface area contributed by atoms with E-state index in [1.165, 1.54) is 11.1 Å². The van der Waals surface area contributed by atoms with Gasteiger partial charge in [-0.25, -0.2) is 0 Å². The van der Waals surface area contributed by atoms with Gasteiger partial charge in [0, 0.05) is 26.1 Å². The standard InChI is InChI=1S/C19H25N3O2S2.ClH/c23-17(21-6-1-15-3-9-25-12-15)11-19(5-8-20-14-19)18(24)22-7-2-16-4-10-26-13-16;/h3-4,9-10,12-13,20H,1-2,5-8,11,14H2,(H,21,23)(H,22,24);1H. The van der Waals surface area contributed by atoms with Crippen LogP contribution < -0.4 is 16.0 Å². The predicted octanol–water partition coefficient (Wildman–Crippen LogP) is 2.62. The van der Waals surface area contributed by atoms with Crippen molar-refractivity contribution in [2.75, 3.05) is 26.2 Å². The number of halogens is 1. The fraction of sp³-hybridized carbons (Fsp3) is 0.474. The molecule has 1 atom stereocenters. The molecule has 8 heteroatoms. The molecule has 3 N–H and O–H groups in total. The summed E-state index contributed by atoms with van der Waals surface area (Å²) in [5.41, 5.74) is 1.85. The van der Waals surface area contributed by atoms with Crippen LogP contribution in [0.25, 0.3) is 0 Å². The topological polar surface area (TPSA) is 70.2 Å². The minimum atomic E-state index is -0.624. The molecule has 27 heavy (non-hydrogen) atoms. The summed E-state index contributed by atoms with van der Waals surface area (Å²) in [4.78, 5) is 25.1. The third-order valence-electron chi connectivity index (χ3n) is 4.82. The van der Waals surface area contributed by atoms with E-state index in [1.54, 1.807) is 22.7 Å². The zero-order chi connectivity index (χ0) is 18.2. The van der Waals surface area contributed by atoms with Crippen molar-refractivity contribution < 1.29 is 9.59 Å². The predicted molar refractivity (Wildman–Crippen MR) is 114 cm³/mol. The highest BCUT2D eigenvalue weighted by Crippen LogP contribution is 2.30. The molecule has 2 aromatic rings. The lowest BCUT2D eigenvalue weighted by Gasteiger charge is -2.26. The van der Waals surface area contributed by atoms with Crippen molar-refractivity contribution in [1.29, 1.82) is 0 Å². The van der Waals surface area contributed by atoms with Crippen molar-refractivity contribution in [1.82, 2.24) is 16.0 Å². The van der Waals surface area contributed by atoms with E-state index in [4.69, 9.17) is 0 Å². The Labute approximate surface area is 174 Å². The number of carbonyl (C=O) groups is 2. The van der Waals surface area contributed by atoms with Gasteiger partial charge in [0.05, 0.1) is 5.41 Å². The Balaban J connectivity index is 0.00000261. The molecule has 2 amide bonds. The van der Waals surface area contributed by atoms with Gasteiger partial charge in [-0.2, -0.15) is 22.7 Å². The third kappa shape index (κ3) is 6.31. The van der Waals surface area contributed by atoms with Gasteiger partial charge < -0.3 is 16.0 Å². The number of carbonyl (C=O) groups excluding carboxylic acids is 2. The van der Waals surface area contributed by atoms with E-state index in [2.05, 4.69) is 38.8 Å². The minimum absolute atomic E-state index is 0. The van der Waals surface area contributed by atoms with Crippen LogP contribution in [0.2, 0.25) is 0 Å². The van der Waals surface area contributed by atoms with Crippen LogP contribution in [0.15, 0.2) is 33.7 Å². The van der Waals surface area contributed by atoms with Gasteiger partial charge in [-0.05, 0) is 70.6 Å². The Morgan fingerprint density at radius 3 is 2.19 bits per heavy atom. The fourth-order valence-corrected chi connectivity index (χ4v) is 4.67. The molecule has 5 nitrogen and oxygen atoms in total. The Morgan fingerprint density at radius 2 is 1.67 bits per heavy atom. The van der Waals surface area contributed by atoms with Crippen molar-refractivity contribution in [3.63, 3.8) is 0 Å². The largest absolute Gasteiger partial charge is 0.356 e. The lowest BCUT2D eigenvalue weighted by atomic mass is 9.82. The third-order valence-corrected chi connectivity index (χ3v) is 6.28. The van der Waals surface area contributed by atoms with Crippen molar-refractivity contribution >= 4 is 46.9 Å². The maximum absolute atomic E-state index is 12.8. The first-order valence-electron chi connectivity index (χ1n) is 8.96. The number of hydrogen-bond donors (Lipinski definition) is 3. The molecule has 0 bridgehead atoms. The molecule has 0 spiro atoms. The SMILES string of the molecule is Cl.O=C(CC1(C(=O)NCCc2ccsc2)CCNC1)NCCc1ccsc1. The molecule has 0 radical (unpaired) electrons. The maximum Gasteiger partial charge on any atom is 0.228 e. The van der Waals surface area contributed by atoms with Crippen LogP contribution in [0, 0.1) is 5.41 Å². The van der Waals surface area contributed by atoms with E-state index in [0.29, 0.717) is 26.1 Å². The molecule has 0 saturated carbocycles. The van der Waals surface area contributed by atoms with Crippen molar-refractivity contribution in [2.45, 2.75) is 25.7 Å². The Bertz CT molecular complexity index is 699.